The van der Waals surface area contributed by atoms with Crippen LogP contribution >= 0.6 is 0 Å². The lowest BCUT2D eigenvalue weighted by Crippen LogP contribution is -2.62. The maximum Gasteiger partial charge on any atom is 0.269 e. The van der Waals surface area contributed by atoms with Crippen LogP contribution in [0.5, 0.6) is 0 Å². The Morgan fingerprint density at radius 1 is 1.05 bits per heavy atom. The smallest absolute Gasteiger partial charge is 0.269 e. The zero-order valence-electron chi connectivity index (χ0n) is 25.4. The van der Waals surface area contributed by atoms with Crippen molar-refractivity contribution in [3.8, 4) is 0 Å². The van der Waals surface area contributed by atoms with Crippen molar-refractivity contribution in [2.75, 3.05) is 0 Å². The second-order valence-electron chi connectivity index (χ2n) is 14.4. The molecule has 0 aliphatic heterocycles. The van der Waals surface area contributed by atoms with Gasteiger partial charge in [0.2, 0.25) is 5.91 Å². The van der Waals surface area contributed by atoms with Gasteiger partial charge in [-0.2, -0.15) is 0 Å². The largest absolute Gasteiger partial charge is 0.393 e. The lowest BCUT2D eigenvalue weighted by atomic mass is 9.41. The number of aliphatic hydroxyl groups is 2. The molecule has 0 aromatic heterocycles. The van der Waals surface area contributed by atoms with Gasteiger partial charge in [0.25, 0.3) is 15.7 Å². The van der Waals surface area contributed by atoms with Gasteiger partial charge in [-0.15, -0.1) is 0 Å². The lowest BCUT2D eigenvalue weighted by Gasteiger charge is -2.64. The molecule has 0 spiro atoms. The number of carbonyl (C=O) groups excluding carboxylic acids is 1. The molecule has 4 aliphatic rings. The van der Waals surface area contributed by atoms with Crippen LogP contribution in [0.4, 0.5) is 5.69 Å². The summed E-state index contributed by atoms with van der Waals surface area (Å²) in [5.41, 5.74) is 0.00425. The number of nitrogens with zero attached hydrogens (tertiary/aromatic N) is 1. The molecule has 42 heavy (non-hydrogen) atoms. The number of rotatable bonds is 8. The Morgan fingerprint density at radius 2 is 1.69 bits per heavy atom. The van der Waals surface area contributed by atoms with Gasteiger partial charge < -0.3 is 10.2 Å². The van der Waals surface area contributed by atoms with Gasteiger partial charge in [-0.3, -0.25) is 14.9 Å². The predicted octanol–water partition coefficient (Wildman–Crippen LogP) is 5.44. The third-order valence-corrected chi connectivity index (χ3v) is 14.0. The number of benzene rings is 1. The Morgan fingerprint density at radius 3 is 2.33 bits per heavy atom. The fourth-order valence-electron chi connectivity index (χ4n) is 10.5. The maximum absolute atomic E-state index is 12.7. The van der Waals surface area contributed by atoms with E-state index in [1.807, 2.05) is 0 Å². The molecule has 10 heteroatoms. The molecule has 1 aromatic carbocycles. The Labute approximate surface area is 250 Å². The quantitative estimate of drug-likeness (QED) is 0.264. The van der Waals surface area contributed by atoms with Crippen LogP contribution in [0.3, 0.4) is 0 Å². The van der Waals surface area contributed by atoms with Crippen LogP contribution in [0.1, 0.15) is 91.9 Å². The van der Waals surface area contributed by atoms with Crippen LogP contribution in [0.25, 0.3) is 0 Å². The van der Waals surface area contributed by atoms with E-state index >= 15 is 0 Å². The number of non-ortho nitro benzene ring substituents is 1. The van der Waals surface area contributed by atoms with Crippen molar-refractivity contribution >= 4 is 21.6 Å². The van der Waals surface area contributed by atoms with Crippen molar-refractivity contribution < 1.29 is 28.3 Å². The van der Waals surface area contributed by atoms with Crippen LogP contribution in [0.15, 0.2) is 29.2 Å². The highest BCUT2D eigenvalue weighted by Crippen LogP contribution is 2.69. The van der Waals surface area contributed by atoms with Crippen molar-refractivity contribution in [3.63, 3.8) is 0 Å². The van der Waals surface area contributed by atoms with Crippen LogP contribution in [0, 0.1) is 62.4 Å². The number of aliphatic hydroxyl groups excluding tert-OH is 2. The standard InChI is InChI=1S/C32H48N2O7S/c1-5-23-27-18-21(35)14-16-32(27,4)26-15-17-31(3)24(11-12-25(31)29(26)30(23)37)19(2)6-13-28(36)33-42(40,41)22-9-7-20(8-10-22)34(38)39/h7-10,19,21,23-27,29-30,35,37H,5-6,11-18H2,1-4H3,(H,33,36)/t19-,21-,23-,24?,25+,26+,27?,29+,30-,31?,32?/m1/s1. The second kappa shape index (κ2) is 11.5. The normalized spacial score (nSPS) is 40.3. The highest BCUT2D eigenvalue weighted by atomic mass is 32.2. The van der Waals surface area contributed by atoms with E-state index in [1.54, 1.807) is 0 Å². The molecule has 4 unspecified atom stereocenters. The molecule has 0 bridgehead atoms. The van der Waals surface area contributed by atoms with Gasteiger partial charge in [0.05, 0.1) is 22.0 Å². The van der Waals surface area contributed by atoms with Gasteiger partial charge in [0.1, 0.15) is 0 Å². The minimum Gasteiger partial charge on any atom is -0.393 e. The number of carbonyl (C=O) groups is 1. The highest BCUT2D eigenvalue weighted by molar-refractivity contribution is 7.90. The first-order chi connectivity index (χ1) is 19.7. The minimum absolute atomic E-state index is 0.0680. The molecule has 4 aliphatic carbocycles. The van der Waals surface area contributed by atoms with E-state index in [9.17, 15) is 33.5 Å². The SMILES string of the molecule is CC[C@@H]1C2C[C@H](O)CCC2(C)[C@H]2CCC3(C)C([C@H](C)CCC(=O)NS(=O)(=O)c4ccc([N+](=O)[O-])cc4)CC[C@H]3[C@@H]2[C@@H]1O. The molecule has 0 radical (unpaired) electrons. The Bertz CT molecular complexity index is 1290. The molecule has 5 rings (SSSR count). The monoisotopic (exact) mass is 604 g/mol. The van der Waals surface area contributed by atoms with Crippen molar-refractivity contribution in [3.05, 3.63) is 34.4 Å². The van der Waals surface area contributed by atoms with E-state index in [2.05, 4.69) is 32.4 Å². The second-order valence-corrected chi connectivity index (χ2v) is 16.1. The predicted molar refractivity (Wildman–Crippen MR) is 159 cm³/mol. The number of fused-ring (bicyclic) bond motifs is 5. The molecule has 1 amide bonds. The third-order valence-electron chi connectivity index (χ3n) is 12.6. The first-order valence-electron chi connectivity index (χ1n) is 15.9. The molecule has 1 aromatic rings. The molecule has 3 N–H and O–H groups in total. The number of nitrogens with one attached hydrogen (secondary N) is 1. The van der Waals surface area contributed by atoms with Crippen LogP contribution in [0.2, 0.25) is 0 Å². The molecule has 0 saturated heterocycles. The van der Waals surface area contributed by atoms with Gasteiger partial charge in [-0.25, -0.2) is 13.1 Å². The van der Waals surface area contributed by atoms with Crippen LogP contribution in [-0.2, 0) is 14.8 Å². The number of sulfonamides is 1. The molecule has 234 valence electrons. The zero-order valence-corrected chi connectivity index (χ0v) is 26.2. The van der Waals surface area contributed by atoms with Crippen molar-refractivity contribution in [2.24, 2.45) is 52.3 Å². The number of nitro benzene ring substituents is 1. The van der Waals surface area contributed by atoms with Gasteiger partial charge in [-0.05, 0) is 116 Å². The molecule has 4 fully saturated rings. The topological polar surface area (TPSA) is 147 Å². The highest BCUT2D eigenvalue weighted by Gasteiger charge is 2.64. The summed E-state index contributed by atoms with van der Waals surface area (Å²) in [6.07, 6.45) is 7.98. The molecular formula is C32H48N2O7S. The summed E-state index contributed by atoms with van der Waals surface area (Å²) < 4.78 is 27.5. The van der Waals surface area contributed by atoms with Gasteiger partial charge in [-0.1, -0.05) is 34.1 Å². The van der Waals surface area contributed by atoms with E-state index in [4.69, 9.17) is 0 Å². The van der Waals surface area contributed by atoms with E-state index < -0.39 is 20.9 Å². The summed E-state index contributed by atoms with van der Waals surface area (Å²) in [5.74, 6) is 1.78. The average molecular weight is 605 g/mol. The first kappa shape index (κ1) is 31.4. The molecule has 9 nitrogen and oxygen atoms in total. The van der Waals surface area contributed by atoms with Gasteiger partial charge in [0, 0.05) is 18.6 Å². The Hall–Kier alpha value is -2.04. The number of amides is 1. The fraction of sp³-hybridized carbons (Fsp3) is 0.781. The summed E-state index contributed by atoms with van der Waals surface area (Å²) in [6.45, 7) is 9.20. The van der Waals surface area contributed by atoms with E-state index in [1.165, 1.54) is 0 Å². The first-order valence-corrected chi connectivity index (χ1v) is 17.4. The van der Waals surface area contributed by atoms with Crippen LogP contribution in [-0.4, -0.2) is 41.7 Å². The molecule has 4 saturated carbocycles. The number of hydrogen-bond donors (Lipinski definition) is 3. The number of hydrogen-bond acceptors (Lipinski definition) is 7. The summed E-state index contributed by atoms with van der Waals surface area (Å²) in [4.78, 5) is 22.8. The average Bonchev–Trinajstić information content (AvgIpc) is 3.30. The zero-order chi connectivity index (χ0) is 30.6. The summed E-state index contributed by atoms with van der Waals surface area (Å²) >= 11 is 0. The third kappa shape index (κ3) is 5.30. The van der Waals surface area contributed by atoms with Crippen molar-refractivity contribution in [1.82, 2.24) is 4.72 Å². The Balaban J connectivity index is 1.25. The Kier molecular flexibility index (Phi) is 8.57. The summed E-state index contributed by atoms with van der Waals surface area (Å²) in [5, 5.41) is 33.3. The van der Waals surface area contributed by atoms with E-state index in [0.29, 0.717) is 30.1 Å². The summed E-state index contributed by atoms with van der Waals surface area (Å²) in [6, 6.07) is 4.48. The van der Waals surface area contributed by atoms with E-state index in [0.717, 1.165) is 75.6 Å². The molecular weight excluding hydrogens is 556 g/mol. The fourth-order valence-corrected chi connectivity index (χ4v) is 11.5. The van der Waals surface area contributed by atoms with E-state index in [-0.39, 0.29) is 57.8 Å². The van der Waals surface area contributed by atoms with Gasteiger partial charge >= 0.3 is 0 Å². The van der Waals surface area contributed by atoms with Crippen molar-refractivity contribution in [1.29, 1.82) is 0 Å². The lowest BCUT2D eigenvalue weighted by molar-refractivity contribution is -0.384. The number of nitro groups is 1. The summed E-state index contributed by atoms with van der Waals surface area (Å²) in [7, 11) is -4.11. The molecule has 0 heterocycles. The maximum atomic E-state index is 12.7. The van der Waals surface area contributed by atoms with Crippen molar-refractivity contribution in [2.45, 2.75) is 109 Å². The van der Waals surface area contributed by atoms with Crippen LogP contribution < -0.4 is 4.72 Å². The minimum atomic E-state index is -4.11. The van der Waals surface area contributed by atoms with Gasteiger partial charge in [0.15, 0.2) is 0 Å². The molecule has 11 atom stereocenters.